The fourth-order valence-electron chi connectivity index (χ4n) is 2.49. The monoisotopic (exact) mass is 326 g/mol. The summed E-state index contributed by atoms with van der Waals surface area (Å²) < 4.78 is 2.44. The van der Waals surface area contributed by atoms with Gasteiger partial charge in [-0.15, -0.1) is 0 Å². The number of carbonyl (C=O) groups excluding carboxylic acids is 1. The maximum Gasteiger partial charge on any atom is 0.269 e. The molecule has 1 aromatic heterocycles. The first-order valence-electron chi connectivity index (χ1n) is 7.50. The number of amides is 1. The lowest BCUT2D eigenvalue weighted by atomic mass is 10.1. The van der Waals surface area contributed by atoms with Gasteiger partial charge in [-0.25, -0.2) is 0 Å². The number of hydrogen-bond acceptors (Lipinski definition) is 3. The first-order chi connectivity index (χ1) is 11.1. The molecule has 5 heteroatoms. The van der Waals surface area contributed by atoms with Crippen LogP contribution in [0.25, 0.3) is 10.1 Å². The second kappa shape index (κ2) is 6.38. The molecule has 0 spiro atoms. The molecule has 0 aliphatic carbocycles. The normalized spacial score (nSPS) is 12.3. The van der Waals surface area contributed by atoms with Crippen molar-refractivity contribution in [2.75, 3.05) is 0 Å². The van der Waals surface area contributed by atoms with E-state index in [-0.39, 0.29) is 11.5 Å². The second-order valence-electron chi connectivity index (χ2n) is 5.54. The van der Waals surface area contributed by atoms with Gasteiger partial charge in [-0.2, -0.15) is 0 Å². The Kier molecular flexibility index (Phi) is 4.30. The van der Waals surface area contributed by atoms with Crippen LogP contribution < -0.4 is 10.9 Å². The van der Waals surface area contributed by atoms with Gasteiger partial charge in [0.25, 0.3) is 5.56 Å². The van der Waals surface area contributed by atoms with Gasteiger partial charge >= 0.3 is 0 Å². The average Bonchev–Trinajstić information content (AvgIpc) is 2.90. The van der Waals surface area contributed by atoms with Crippen molar-refractivity contribution in [3.8, 4) is 0 Å². The Labute approximate surface area is 138 Å². The lowest BCUT2D eigenvalue weighted by Crippen LogP contribution is -2.33. The van der Waals surface area contributed by atoms with E-state index < -0.39 is 6.04 Å². The van der Waals surface area contributed by atoms with Crippen molar-refractivity contribution < 1.29 is 4.79 Å². The van der Waals surface area contributed by atoms with E-state index in [0.29, 0.717) is 11.9 Å². The molecule has 1 amide bonds. The van der Waals surface area contributed by atoms with E-state index in [0.717, 1.165) is 15.8 Å². The first kappa shape index (κ1) is 15.5. The van der Waals surface area contributed by atoms with Gasteiger partial charge < -0.3 is 5.32 Å². The number of nitrogens with one attached hydrogen (secondary N) is 1. The van der Waals surface area contributed by atoms with Crippen molar-refractivity contribution in [2.24, 2.45) is 0 Å². The zero-order valence-corrected chi connectivity index (χ0v) is 13.9. The van der Waals surface area contributed by atoms with Crippen LogP contribution in [0.15, 0.2) is 53.3 Å². The van der Waals surface area contributed by atoms with E-state index in [1.54, 1.807) is 13.0 Å². The van der Waals surface area contributed by atoms with Crippen LogP contribution in [0.2, 0.25) is 0 Å². The summed E-state index contributed by atoms with van der Waals surface area (Å²) >= 11 is 1.33. The molecule has 1 N–H and O–H groups in total. The predicted octanol–water partition coefficient (Wildman–Crippen LogP) is 3.25. The van der Waals surface area contributed by atoms with Gasteiger partial charge in [-0.1, -0.05) is 47.9 Å². The van der Waals surface area contributed by atoms with E-state index in [9.17, 15) is 9.59 Å². The molecule has 0 saturated carbocycles. The van der Waals surface area contributed by atoms with Gasteiger partial charge in [0.2, 0.25) is 5.91 Å². The van der Waals surface area contributed by atoms with Crippen LogP contribution in [-0.2, 0) is 11.3 Å². The smallest absolute Gasteiger partial charge is 0.269 e. The molecule has 1 heterocycles. The van der Waals surface area contributed by atoms with E-state index in [1.807, 2.05) is 49.4 Å². The molecule has 1 atom stereocenters. The Balaban J connectivity index is 1.78. The molecule has 118 valence electrons. The molecule has 3 rings (SSSR count). The third kappa shape index (κ3) is 3.05. The number of rotatable bonds is 4. The average molecular weight is 326 g/mol. The van der Waals surface area contributed by atoms with Gasteiger partial charge in [0.15, 0.2) is 0 Å². The fraction of sp³-hybridized carbons (Fsp3) is 0.222. The van der Waals surface area contributed by atoms with E-state index >= 15 is 0 Å². The van der Waals surface area contributed by atoms with Crippen molar-refractivity contribution in [3.05, 3.63) is 70.0 Å². The molecule has 23 heavy (non-hydrogen) atoms. The van der Waals surface area contributed by atoms with E-state index in [1.165, 1.54) is 15.5 Å². The second-order valence-corrected chi connectivity index (χ2v) is 6.55. The SMILES string of the molecule is Cc1ccccc1CNC(=O)C(C)n1sc2ccccc2c1=O. The van der Waals surface area contributed by atoms with Crippen LogP contribution in [0.5, 0.6) is 0 Å². The van der Waals surface area contributed by atoms with E-state index in [2.05, 4.69) is 5.32 Å². The molecule has 0 fully saturated rings. The summed E-state index contributed by atoms with van der Waals surface area (Å²) in [6, 6.07) is 14.8. The van der Waals surface area contributed by atoms with Crippen LogP contribution in [-0.4, -0.2) is 9.86 Å². The minimum Gasteiger partial charge on any atom is -0.350 e. The number of aromatic nitrogens is 1. The van der Waals surface area contributed by atoms with Crippen molar-refractivity contribution in [3.63, 3.8) is 0 Å². The Morgan fingerprint density at radius 2 is 1.87 bits per heavy atom. The highest BCUT2D eigenvalue weighted by atomic mass is 32.1. The van der Waals surface area contributed by atoms with Crippen LogP contribution in [0.3, 0.4) is 0 Å². The quantitative estimate of drug-likeness (QED) is 0.800. The highest BCUT2D eigenvalue weighted by molar-refractivity contribution is 7.14. The summed E-state index contributed by atoms with van der Waals surface area (Å²) in [7, 11) is 0. The molecule has 0 saturated heterocycles. The molecule has 0 aliphatic rings. The number of hydrogen-bond donors (Lipinski definition) is 1. The van der Waals surface area contributed by atoms with E-state index in [4.69, 9.17) is 0 Å². The molecule has 0 radical (unpaired) electrons. The van der Waals surface area contributed by atoms with Gasteiger partial charge in [0, 0.05) is 6.54 Å². The van der Waals surface area contributed by atoms with Crippen LogP contribution >= 0.6 is 11.5 Å². The van der Waals surface area contributed by atoms with Crippen LogP contribution in [0, 0.1) is 6.92 Å². The molecule has 0 aliphatic heterocycles. The van der Waals surface area contributed by atoms with Crippen molar-refractivity contribution in [2.45, 2.75) is 26.4 Å². The van der Waals surface area contributed by atoms with Crippen LogP contribution in [0.1, 0.15) is 24.1 Å². The standard InChI is InChI=1S/C18H18N2O2S/c1-12-7-3-4-8-14(12)11-19-17(21)13(2)20-18(22)15-9-5-6-10-16(15)23-20/h3-10,13H,11H2,1-2H3,(H,19,21). The summed E-state index contributed by atoms with van der Waals surface area (Å²) in [5, 5.41) is 3.58. The summed E-state index contributed by atoms with van der Waals surface area (Å²) in [6.07, 6.45) is 0. The summed E-state index contributed by atoms with van der Waals surface area (Å²) in [5.74, 6) is -0.151. The molecule has 4 nitrogen and oxygen atoms in total. The maximum atomic E-state index is 12.4. The van der Waals surface area contributed by atoms with Crippen LogP contribution in [0.4, 0.5) is 0 Å². The minimum absolute atomic E-state index is 0.107. The fourth-order valence-corrected chi connectivity index (χ4v) is 3.53. The highest BCUT2D eigenvalue weighted by Gasteiger charge is 2.19. The molecule has 3 aromatic rings. The topological polar surface area (TPSA) is 51.1 Å². The molecule has 0 bridgehead atoms. The highest BCUT2D eigenvalue weighted by Crippen LogP contribution is 2.19. The Morgan fingerprint density at radius 3 is 2.61 bits per heavy atom. The number of aryl methyl sites for hydroxylation is 1. The van der Waals surface area contributed by atoms with Gasteiger partial charge in [0.1, 0.15) is 6.04 Å². The number of nitrogens with zero attached hydrogens (tertiary/aromatic N) is 1. The van der Waals surface area contributed by atoms with Gasteiger partial charge in [-0.3, -0.25) is 13.5 Å². The molecule has 1 unspecified atom stereocenters. The molecular formula is C18H18N2O2S. The molecular weight excluding hydrogens is 308 g/mol. The number of benzene rings is 2. The van der Waals surface area contributed by atoms with Gasteiger partial charge in [-0.05, 0) is 37.1 Å². The third-order valence-electron chi connectivity index (χ3n) is 3.96. The lowest BCUT2D eigenvalue weighted by Gasteiger charge is -2.13. The summed E-state index contributed by atoms with van der Waals surface area (Å²) in [6.45, 7) is 4.24. The minimum atomic E-state index is -0.524. The Bertz CT molecular complexity index is 911. The zero-order chi connectivity index (χ0) is 16.4. The largest absolute Gasteiger partial charge is 0.350 e. The van der Waals surface area contributed by atoms with Crippen molar-refractivity contribution in [1.82, 2.24) is 9.27 Å². The lowest BCUT2D eigenvalue weighted by molar-refractivity contribution is -0.123. The summed E-state index contributed by atoms with van der Waals surface area (Å²) in [5.41, 5.74) is 2.11. The van der Waals surface area contributed by atoms with Gasteiger partial charge in [0.05, 0.1) is 10.1 Å². The predicted molar refractivity (Wildman–Crippen MR) is 93.8 cm³/mol. The van der Waals surface area contributed by atoms with Crippen molar-refractivity contribution >= 4 is 27.5 Å². The summed E-state index contributed by atoms with van der Waals surface area (Å²) in [4.78, 5) is 24.8. The molecule has 2 aromatic carbocycles. The number of fused-ring (bicyclic) bond motifs is 1. The Morgan fingerprint density at radius 1 is 1.17 bits per heavy atom. The Hall–Kier alpha value is -2.40. The zero-order valence-electron chi connectivity index (χ0n) is 13.1. The van der Waals surface area contributed by atoms with Crippen molar-refractivity contribution in [1.29, 1.82) is 0 Å². The number of carbonyl (C=O) groups is 1. The maximum absolute atomic E-state index is 12.4. The third-order valence-corrected chi connectivity index (χ3v) is 5.19. The first-order valence-corrected chi connectivity index (χ1v) is 8.28.